The van der Waals surface area contributed by atoms with Gasteiger partial charge in [-0.1, -0.05) is 275 Å². The van der Waals surface area contributed by atoms with E-state index in [1.54, 1.807) is 0 Å². The predicted octanol–water partition coefficient (Wildman–Crippen LogP) is 20.6. The highest BCUT2D eigenvalue weighted by Crippen LogP contribution is 2.17. The highest BCUT2D eigenvalue weighted by Gasteiger charge is 2.19. The van der Waals surface area contributed by atoms with Crippen molar-refractivity contribution in [1.82, 2.24) is 0 Å². The Bertz CT molecular complexity index is 1220. The van der Waals surface area contributed by atoms with Crippen LogP contribution in [0.1, 0.15) is 323 Å². The van der Waals surface area contributed by atoms with E-state index in [1.807, 2.05) is 0 Å². The van der Waals surface area contributed by atoms with Crippen molar-refractivity contribution < 1.29 is 28.6 Å². The monoisotopic (exact) mass is 981 g/mol. The Morgan fingerprint density at radius 2 is 0.543 bits per heavy atom. The van der Waals surface area contributed by atoms with E-state index in [1.165, 1.54) is 193 Å². The van der Waals surface area contributed by atoms with Crippen molar-refractivity contribution >= 4 is 17.9 Å². The zero-order valence-electron chi connectivity index (χ0n) is 46.8. The quantitative estimate of drug-likeness (QED) is 0.0261. The summed E-state index contributed by atoms with van der Waals surface area (Å²) in [5.74, 6) is -0.873. The molecule has 0 saturated carbocycles. The summed E-state index contributed by atoms with van der Waals surface area (Å²) in [5.41, 5.74) is 0. The fraction of sp³-hybridized carbons (Fsp3) is 0.828. The molecule has 70 heavy (non-hydrogen) atoms. The summed E-state index contributed by atoms with van der Waals surface area (Å²) >= 11 is 0. The normalized spacial score (nSPS) is 12.3. The minimum absolute atomic E-state index is 0.0745. The largest absolute Gasteiger partial charge is 0.462 e. The number of carbonyl (C=O) groups is 3. The summed E-state index contributed by atoms with van der Waals surface area (Å²) in [7, 11) is 0. The molecular weight excluding hydrogens is 865 g/mol. The molecule has 0 aliphatic heterocycles. The average Bonchev–Trinajstić information content (AvgIpc) is 3.36. The van der Waals surface area contributed by atoms with Crippen LogP contribution in [0.2, 0.25) is 0 Å². The number of hydrogen-bond donors (Lipinski definition) is 0. The first-order valence-corrected chi connectivity index (χ1v) is 30.6. The number of carbonyl (C=O) groups excluding carboxylic acids is 3. The first-order chi connectivity index (χ1) is 34.5. The molecule has 0 radical (unpaired) electrons. The van der Waals surface area contributed by atoms with Crippen LogP contribution < -0.4 is 0 Å². The van der Waals surface area contributed by atoms with Gasteiger partial charge in [0.25, 0.3) is 0 Å². The Morgan fingerprint density at radius 1 is 0.286 bits per heavy atom. The summed E-state index contributed by atoms with van der Waals surface area (Å²) in [6, 6.07) is 0. The standard InChI is InChI=1S/C64H116O6/c1-4-7-10-13-16-19-22-25-27-28-29-30-31-32-33-34-35-36-37-40-42-45-48-51-54-57-63(66)69-60-61(59-68-62(65)56-53-50-47-44-41-38-24-21-18-15-12-9-6-3)70-64(67)58-55-52-49-46-43-39-26-23-20-17-14-11-8-5-2/h12,15,21-22,24-25,28-29,61H,4-11,13-14,16-20,23,26-27,30-60H2,1-3H3/b15-12-,24-21-,25-22-,29-28-. The van der Waals surface area contributed by atoms with E-state index in [0.29, 0.717) is 19.3 Å². The van der Waals surface area contributed by atoms with Crippen LogP contribution in [-0.4, -0.2) is 37.2 Å². The van der Waals surface area contributed by atoms with E-state index in [2.05, 4.69) is 69.4 Å². The van der Waals surface area contributed by atoms with Crippen molar-refractivity contribution in [2.75, 3.05) is 13.2 Å². The molecule has 6 nitrogen and oxygen atoms in total. The van der Waals surface area contributed by atoms with E-state index in [-0.39, 0.29) is 31.1 Å². The van der Waals surface area contributed by atoms with Gasteiger partial charge < -0.3 is 14.2 Å². The number of ether oxygens (including phenoxy) is 3. The number of esters is 3. The van der Waals surface area contributed by atoms with Crippen LogP contribution in [0.5, 0.6) is 0 Å². The second kappa shape index (κ2) is 58.9. The van der Waals surface area contributed by atoms with Gasteiger partial charge in [0.05, 0.1) is 0 Å². The molecule has 0 aromatic heterocycles. The van der Waals surface area contributed by atoms with Gasteiger partial charge in [0.2, 0.25) is 0 Å². The van der Waals surface area contributed by atoms with E-state index in [4.69, 9.17) is 14.2 Å². The van der Waals surface area contributed by atoms with E-state index < -0.39 is 6.10 Å². The lowest BCUT2D eigenvalue weighted by molar-refractivity contribution is -0.167. The van der Waals surface area contributed by atoms with Crippen molar-refractivity contribution in [2.24, 2.45) is 0 Å². The maximum atomic E-state index is 12.9. The molecule has 0 saturated heterocycles. The molecule has 0 fully saturated rings. The van der Waals surface area contributed by atoms with E-state index in [9.17, 15) is 14.4 Å². The second-order valence-corrected chi connectivity index (χ2v) is 20.6. The summed E-state index contributed by atoms with van der Waals surface area (Å²) < 4.78 is 16.9. The van der Waals surface area contributed by atoms with Crippen molar-refractivity contribution in [3.63, 3.8) is 0 Å². The molecule has 0 bridgehead atoms. The molecule has 0 aromatic carbocycles. The first-order valence-electron chi connectivity index (χ1n) is 30.6. The van der Waals surface area contributed by atoms with Gasteiger partial charge in [-0.3, -0.25) is 14.4 Å². The summed E-state index contributed by atoms with van der Waals surface area (Å²) in [5, 5.41) is 0. The van der Waals surface area contributed by atoms with Crippen LogP contribution in [0, 0.1) is 0 Å². The lowest BCUT2D eigenvalue weighted by atomic mass is 10.0. The van der Waals surface area contributed by atoms with Gasteiger partial charge in [0.15, 0.2) is 6.10 Å². The molecule has 0 amide bonds. The third-order valence-corrected chi connectivity index (χ3v) is 13.5. The van der Waals surface area contributed by atoms with Gasteiger partial charge in [-0.05, 0) is 77.0 Å². The molecule has 0 aliphatic carbocycles. The second-order valence-electron chi connectivity index (χ2n) is 20.6. The first kappa shape index (κ1) is 67.4. The van der Waals surface area contributed by atoms with E-state index in [0.717, 1.165) is 89.9 Å². The molecule has 6 heteroatoms. The van der Waals surface area contributed by atoms with Crippen LogP contribution >= 0.6 is 0 Å². The predicted molar refractivity (Wildman–Crippen MR) is 302 cm³/mol. The number of hydrogen-bond acceptors (Lipinski definition) is 6. The summed E-state index contributed by atoms with van der Waals surface area (Å²) in [6.45, 7) is 6.59. The Morgan fingerprint density at radius 3 is 0.843 bits per heavy atom. The van der Waals surface area contributed by atoms with Crippen LogP contribution in [0.15, 0.2) is 48.6 Å². The van der Waals surface area contributed by atoms with Crippen molar-refractivity contribution in [2.45, 2.75) is 329 Å². The van der Waals surface area contributed by atoms with Gasteiger partial charge in [0.1, 0.15) is 13.2 Å². The van der Waals surface area contributed by atoms with Crippen molar-refractivity contribution in [1.29, 1.82) is 0 Å². The van der Waals surface area contributed by atoms with E-state index >= 15 is 0 Å². The van der Waals surface area contributed by atoms with Crippen molar-refractivity contribution in [3.05, 3.63) is 48.6 Å². The zero-order chi connectivity index (χ0) is 50.7. The molecule has 0 rings (SSSR count). The third kappa shape index (κ3) is 56.3. The van der Waals surface area contributed by atoms with Crippen molar-refractivity contribution in [3.8, 4) is 0 Å². The Kier molecular flexibility index (Phi) is 56.7. The molecule has 0 aliphatic rings. The smallest absolute Gasteiger partial charge is 0.306 e. The topological polar surface area (TPSA) is 78.9 Å². The molecular formula is C64H116O6. The molecule has 0 spiro atoms. The molecule has 0 heterocycles. The SMILES string of the molecule is CCC/C=C\C/C=C\CCCCCCCC(=O)OCC(COC(=O)CCCCCCCCCCCCCCC/C=C\C/C=C\CCCCCCC)OC(=O)CCCCCCCCCCCCCCCC. The fourth-order valence-corrected chi connectivity index (χ4v) is 8.92. The van der Waals surface area contributed by atoms with Crippen LogP contribution in [0.3, 0.4) is 0 Å². The minimum atomic E-state index is -0.776. The van der Waals surface area contributed by atoms with Gasteiger partial charge in [-0.25, -0.2) is 0 Å². The number of allylic oxidation sites excluding steroid dienone is 8. The lowest BCUT2D eigenvalue weighted by Gasteiger charge is -2.18. The molecule has 0 aromatic rings. The zero-order valence-corrected chi connectivity index (χ0v) is 46.8. The molecule has 1 unspecified atom stereocenters. The van der Waals surface area contributed by atoms with Crippen LogP contribution in [-0.2, 0) is 28.6 Å². The summed E-state index contributed by atoms with van der Waals surface area (Å²) in [6.07, 6.45) is 72.6. The lowest BCUT2D eigenvalue weighted by Crippen LogP contribution is -2.30. The fourth-order valence-electron chi connectivity index (χ4n) is 8.92. The Balaban J connectivity index is 4.24. The summed E-state index contributed by atoms with van der Waals surface area (Å²) in [4.78, 5) is 38.2. The number of rotatable bonds is 56. The highest BCUT2D eigenvalue weighted by atomic mass is 16.6. The number of unbranched alkanes of at least 4 members (excludes halogenated alkanes) is 37. The average molecular weight is 982 g/mol. The van der Waals surface area contributed by atoms with Gasteiger partial charge in [-0.2, -0.15) is 0 Å². The maximum Gasteiger partial charge on any atom is 0.306 e. The van der Waals surface area contributed by atoms with Gasteiger partial charge >= 0.3 is 17.9 Å². The Hall–Kier alpha value is -2.63. The Labute approximate surface area is 435 Å². The third-order valence-electron chi connectivity index (χ3n) is 13.5. The minimum Gasteiger partial charge on any atom is -0.462 e. The van der Waals surface area contributed by atoms with Crippen LogP contribution in [0.4, 0.5) is 0 Å². The maximum absolute atomic E-state index is 12.9. The van der Waals surface area contributed by atoms with Gasteiger partial charge in [0, 0.05) is 19.3 Å². The highest BCUT2D eigenvalue weighted by molar-refractivity contribution is 5.71. The molecule has 0 N–H and O–H groups in total. The van der Waals surface area contributed by atoms with Crippen LogP contribution in [0.25, 0.3) is 0 Å². The van der Waals surface area contributed by atoms with Gasteiger partial charge in [-0.15, -0.1) is 0 Å². The molecule has 1 atom stereocenters. The molecule has 408 valence electrons.